The van der Waals surface area contributed by atoms with E-state index in [0.717, 1.165) is 0 Å². The van der Waals surface area contributed by atoms with Crippen LogP contribution in [0.3, 0.4) is 0 Å². The predicted molar refractivity (Wildman–Crippen MR) is 62.4 cm³/mol. The maximum atomic E-state index is 12.0. The number of anilines is 1. The minimum atomic E-state index is -2.44. The Hall–Kier alpha value is -0.990. The van der Waals surface area contributed by atoms with Gasteiger partial charge in [-0.3, -0.25) is 0 Å². The molecule has 0 saturated carbocycles. The van der Waals surface area contributed by atoms with Gasteiger partial charge in [0.05, 0.1) is 5.30 Å². The minimum Gasteiger partial charge on any atom is -0.467 e. The van der Waals surface area contributed by atoms with Crippen molar-refractivity contribution >= 4 is 18.1 Å². The first-order valence-electron chi connectivity index (χ1n) is 4.52. The van der Waals surface area contributed by atoms with Gasteiger partial charge in [0.25, 0.3) is 0 Å². The van der Waals surface area contributed by atoms with Crippen LogP contribution >= 0.6 is 7.14 Å². The van der Waals surface area contributed by atoms with Crippen LogP contribution < -0.4 is 15.8 Å². The van der Waals surface area contributed by atoms with E-state index in [1.807, 2.05) is 0 Å². The summed E-state index contributed by atoms with van der Waals surface area (Å²) in [5.41, 5.74) is 6.28. The first kappa shape index (κ1) is 12.1. The highest BCUT2D eigenvalue weighted by molar-refractivity contribution is 7.70. The molecule has 1 aromatic carbocycles. The number of ether oxygens (including phenoxy) is 2. The summed E-state index contributed by atoms with van der Waals surface area (Å²) in [5, 5.41) is 0.585. The van der Waals surface area contributed by atoms with Gasteiger partial charge in [0.2, 0.25) is 0 Å². The van der Waals surface area contributed by atoms with E-state index in [1.165, 1.54) is 7.11 Å². The lowest BCUT2D eigenvalue weighted by Gasteiger charge is -2.15. The normalized spacial score (nSPS) is 11.4. The molecule has 0 bridgehead atoms. The summed E-state index contributed by atoms with van der Waals surface area (Å²) in [4.78, 5) is 0. The minimum absolute atomic E-state index is 0.121. The van der Waals surface area contributed by atoms with E-state index in [4.69, 9.17) is 15.2 Å². The lowest BCUT2D eigenvalue weighted by atomic mass is 10.3. The fourth-order valence-corrected chi connectivity index (χ4v) is 2.72. The lowest BCUT2D eigenvalue weighted by molar-refractivity contribution is 0.0519. The van der Waals surface area contributed by atoms with Crippen LogP contribution in [0.15, 0.2) is 18.2 Å². The lowest BCUT2D eigenvalue weighted by Crippen LogP contribution is -2.15. The Morgan fingerprint density at radius 2 is 2.07 bits per heavy atom. The van der Waals surface area contributed by atoms with E-state index in [0.29, 0.717) is 16.7 Å². The number of nitrogens with two attached hydrogens (primary N) is 1. The van der Waals surface area contributed by atoms with Crippen molar-refractivity contribution < 1.29 is 14.0 Å². The molecular weight excluding hydrogens is 213 g/mol. The monoisotopic (exact) mass is 229 g/mol. The molecule has 0 fully saturated rings. The zero-order valence-corrected chi connectivity index (χ0v) is 10.1. The summed E-state index contributed by atoms with van der Waals surface area (Å²) in [6.45, 7) is 3.45. The van der Waals surface area contributed by atoms with Crippen LogP contribution in [0.25, 0.3) is 0 Å². The highest BCUT2D eigenvalue weighted by atomic mass is 31.2. The quantitative estimate of drug-likeness (QED) is 0.483. The molecule has 0 radical (unpaired) electrons. The highest BCUT2D eigenvalue weighted by Gasteiger charge is 2.20. The zero-order chi connectivity index (χ0) is 11.5. The first-order chi connectivity index (χ1) is 6.96. The number of hydrogen-bond donors (Lipinski definition) is 1. The average Bonchev–Trinajstić information content (AvgIpc) is 2.12. The van der Waals surface area contributed by atoms with E-state index in [2.05, 4.69) is 0 Å². The van der Waals surface area contributed by atoms with Gasteiger partial charge in [-0.15, -0.1) is 0 Å². The van der Waals surface area contributed by atoms with Crippen LogP contribution in [0, 0.1) is 0 Å². The Balaban J connectivity index is 3.15. The van der Waals surface area contributed by atoms with Crippen LogP contribution in [0.4, 0.5) is 5.69 Å². The molecule has 0 aliphatic carbocycles. The third-order valence-electron chi connectivity index (χ3n) is 1.90. The Bertz CT molecular complexity index is 386. The summed E-state index contributed by atoms with van der Waals surface area (Å²) in [7, 11) is -0.908. The Kier molecular flexibility index (Phi) is 3.77. The zero-order valence-electron chi connectivity index (χ0n) is 9.19. The number of nitrogen functional groups attached to an aromatic ring is 1. The van der Waals surface area contributed by atoms with Gasteiger partial charge in [-0.05, 0) is 25.5 Å². The molecule has 15 heavy (non-hydrogen) atoms. The molecular formula is C10H16NO3P. The van der Waals surface area contributed by atoms with Gasteiger partial charge in [-0.1, -0.05) is 6.07 Å². The Labute approximate surface area is 89.7 Å². The largest absolute Gasteiger partial charge is 0.467 e. The fourth-order valence-electron chi connectivity index (χ4n) is 1.35. The molecule has 2 N–H and O–H groups in total. The van der Waals surface area contributed by atoms with E-state index in [1.54, 1.807) is 31.5 Å². The van der Waals surface area contributed by atoms with Crippen LogP contribution in [0.2, 0.25) is 0 Å². The van der Waals surface area contributed by atoms with Crippen molar-refractivity contribution in [3.63, 3.8) is 0 Å². The van der Waals surface area contributed by atoms with Gasteiger partial charge in [-0.25, -0.2) is 0 Å². The molecule has 0 spiro atoms. The molecule has 84 valence electrons. The van der Waals surface area contributed by atoms with E-state index < -0.39 is 7.14 Å². The number of hydrogen-bond acceptors (Lipinski definition) is 4. The highest BCUT2D eigenvalue weighted by Crippen LogP contribution is 2.40. The number of rotatable bonds is 4. The van der Waals surface area contributed by atoms with E-state index >= 15 is 0 Å². The third-order valence-corrected chi connectivity index (χ3v) is 3.46. The van der Waals surface area contributed by atoms with Crippen molar-refractivity contribution in [3.05, 3.63) is 18.2 Å². The van der Waals surface area contributed by atoms with Crippen molar-refractivity contribution in [2.75, 3.05) is 33.0 Å². The van der Waals surface area contributed by atoms with Crippen molar-refractivity contribution in [2.24, 2.45) is 0 Å². The van der Waals surface area contributed by atoms with Crippen molar-refractivity contribution in [2.45, 2.75) is 0 Å². The second-order valence-electron chi connectivity index (χ2n) is 3.60. The van der Waals surface area contributed by atoms with Crippen LogP contribution in [-0.4, -0.2) is 27.2 Å². The molecule has 0 unspecified atom stereocenters. The topological polar surface area (TPSA) is 61.6 Å². The molecule has 0 saturated heterocycles. The molecule has 0 aliphatic rings. The maximum Gasteiger partial charge on any atom is 0.188 e. The summed E-state index contributed by atoms with van der Waals surface area (Å²) in [6, 6.07) is 5.22. The molecule has 4 nitrogen and oxygen atoms in total. The summed E-state index contributed by atoms with van der Waals surface area (Å²) < 4.78 is 22.1. The third kappa shape index (κ3) is 2.98. The summed E-state index contributed by atoms with van der Waals surface area (Å²) in [5.74, 6) is 0.533. The van der Waals surface area contributed by atoms with E-state index in [-0.39, 0.29) is 6.79 Å². The average molecular weight is 229 g/mol. The second-order valence-corrected chi connectivity index (χ2v) is 6.74. The Morgan fingerprint density at radius 3 is 2.60 bits per heavy atom. The SMILES string of the molecule is COCOc1cccc(N)c1P(C)(C)=O. The number of benzene rings is 1. The summed E-state index contributed by atoms with van der Waals surface area (Å²) in [6.07, 6.45) is 0. The predicted octanol–water partition coefficient (Wildman–Crippen LogP) is 1.50. The second kappa shape index (κ2) is 4.69. The van der Waals surface area contributed by atoms with Crippen LogP contribution in [0.1, 0.15) is 0 Å². The smallest absolute Gasteiger partial charge is 0.188 e. The molecule has 0 amide bonds. The van der Waals surface area contributed by atoms with Crippen molar-refractivity contribution in [1.82, 2.24) is 0 Å². The molecule has 1 rings (SSSR count). The molecule has 5 heteroatoms. The first-order valence-corrected chi connectivity index (χ1v) is 7.12. The molecule has 0 heterocycles. The van der Waals surface area contributed by atoms with Gasteiger partial charge in [-0.2, -0.15) is 0 Å². The van der Waals surface area contributed by atoms with Crippen LogP contribution in [-0.2, 0) is 9.30 Å². The molecule has 0 aromatic heterocycles. The van der Waals surface area contributed by atoms with Gasteiger partial charge in [0.15, 0.2) is 6.79 Å². The van der Waals surface area contributed by atoms with Crippen LogP contribution in [0.5, 0.6) is 5.75 Å². The standard InChI is InChI=1S/C10H16NO3P/c1-13-7-14-9-6-4-5-8(11)10(9)15(2,3)12/h4-6H,7,11H2,1-3H3. The number of methoxy groups -OCH3 is 1. The van der Waals surface area contributed by atoms with Crippen molar-refractivity contribution in [3.8, 4) is 5.75 Å². The summed E-state index contributed by atoms with van der Waals surface area (Å²) >= 11 is 0. The molecule has 1 aromatic rings. The Morgan fingerprint density at radius 1 is 1.40 bits per heavy atom. The van der Waals surface area contributed by atoms with E-state index in [9.17, 15) is 4.57 Å². The molecule has 0 aliphatic heterocycles. The van der Waals surface area contributed by atoms with Gasteiger partial charge >= 0.3 is 0 Å². The van der Waals surface area contributed by atoms with Crippen molar-refractivity contribution in [1.29, 1.82) is 0 Å². The van der Waals surface area contributed by atoms with Gasteiger partial charge in [0, 0.05) is 12.8 Å². The van der Waals surface area contributed by atoms with Gasteiger partial charge < -0.3 is 19.8 Å². The van der Waals surface area contributed by atoms with Gasteiger partial charge in [0.1, 0.15) is 12.9 Å². The maximum absolute atomic E-state index is 12.0. The molecule has 0 atom stereocenters. The fraction of sp³-hybridized carbons (Fsp3) is 0.400.